The third-order valence-corrected chi connectivity index (χ3v) is 4.60. The van der Waals surface area contributed by atoms with Gasteiger partial charge in [0.25, 0.3) is 0 Å². The zero-order valence-corrected chi connectivity index (χ0v) is 14.7. The highest BCUT2D eigenvalue weighted by Crippen LogP contribution is 2.22. The van der Waals surface area contributed by atoms with Gasteiger partial charge < -0.3 is 14.6 Å². The van der Waals surface area contributed by atoms with E-state index in [0.29, 0.717) is 30.7 Å². The van der Waals surface area contributed by atoms with E-state index in [2.05, 4.69) is 29.2 Å². The van der Waals surface area contributed by atoms with E-state index in [9.17, 15) is 9.18 Å². The lowest BCUT2D eigenvalue weighted by molar-refractivity contribution is -0.122. The molecule has 0 unspecified atom stereocenters. The molecule has 1 aromatic carbocycles. The molecule has 1 N–H and O–H groups in total. The van der Waals surface area contributed by atoms with E-state index in [1.165, 1.54) is 12.1 Å². The van der Waals surface area contributed by atoms with Crippen LogP contribution in [0.25, 0.3) is 11.3 Å². The molecular formula is C19H24FN3O2. The molecule has 1 aliphatic heterocycles. The average molecular weight is 345 g/mol. The first-order valence-corrected chi connectivity index (χ1v) is 8.51. The first-order chi connectivity index (χ1) is 12.0. The molecule has 1 amide bonds. The number of benzene rings is 1. The first kappa shape index (κ1) is 17.6. The quantitative estimate of drug-likeness (QED) is 0.873. The fourth-order valence-corrected chi connectivity index (χ4v) is 3.06. The highest BCUT2D eigenvalue weighted by molar-refractivity contribution is 5.78. The number of nitrogens with one attached hydrogen (secondary N) is 1. The van der Waals surface area contributed by atoms with Gasteiger partial charge in [0.1, 0.15) is 17.3 Å². The third-order valence-electron chi connectivity index (χ3n) is 4.60. The SMILES string of the molecule is CN(C)[C@H]1CCN(CC(=O)NCc2ccc(-c3ccc(F)cc3)o2)C1. The lowest BCUT2D eigenvalue weighted by Gasteiger charge is -2.19. The summed E-state index contributed by atoms with van der Waals surface area (Å²) in [5.74, 6) is 1.07. The Bertz CT molecular complexity index is 712. The molecule has 0 radical (unpaired) electrons. The largest absolute Gasteiger partial charge is 0.459 e. The van der Waals surface area contributed by atoms with E-state index in [0.717, 1.165) is 25.1 Å². The fraction of sp³-hybridized carbons (Fsp3) is 0.421. The standard InChI is InChI=1S/C19H24FN3O2/c1-22(2)16-9-10-23(12-16)13-19(24)21-11-17-7-8-18(25-17)14-3-5-15(20)6-4-14/h3-8,16H,9-13H2,1-2H3,(H,21,24)/t16-/m0/s1. The Balaban J connectivity index is 1.47. The summed E-state index contributed by atoms with van der Waals surface area (Å²) in [5.41, 5.74) is 0.811. The van der Waals surface area contributed by atoms with Crippen LogP contribution >= 0.6 is 0 Å². The number of rotatable bonds is 6. The molecule has 1 saturated heterocycles. The topological polar surface area (TPSA) is 48.7 Å². The van der Waals surface area contributed by atoms with Crippen LogP contribution in [-0.4, -0.2) is 55.5 Å². The second kappa shape index (κ2) is 7.80. The van der Waals surface area contributed by atoms with Gasteiger partial charge >= 0.3 is 0 Å². The van der Waals surface area contributed by atoms with E-state index in [-0.39, 0.29) is 11.7 Å². The number of halogens is 1. The average Bonchev–Trinajstić information content (AvgIpc) is 3.23. The minimum absolute atomic E-state index is 0.000798. The van der Waals surface area contributed by atoms with Crippen LogP contribution in [0.3, 0.4) is 0 Å². The zero-order chi connectivity index (χ0) is 17.8. The molecule has 2 aromatic rings. The summed E-state index contributed by atoms with van der Waals surface area (Å²) in [6.07, 6.45) is 1.10. The fourth-order valence-electron chi connectivity index (χ4n) is 3.06. The van der Waals surface area contributed by atoms with E-state index in [1.54, 1.807) is 12.1 Å². The zero-order valence-electron chi connectivity index (χ0n) is 14.7. The molecule has 0 aliphatic carbocycles. The Labute approximate surface area is 147 Å². The molecule has 1 aromatic heterocycles. The number of amides is 1. The summed E-state index contributed by atoms with van der Waals surface area (Å²) >= 11 is 0. The van der Waals surface area contributed by atoms with Gasteiger partial charge in [-0.05, 0) is 56.9 Å². The third kappa shape index (κ3) is 4.67. The minimum Gasteiger partial charge on any atom is -0.459 e. The van der Waals surface area contributed by atoms with Crippen LogP contribution in [0.4, 0.5) is 4.39 Å². The van der Waals surface area contributed by atoms with Gasteiger partial charge in [0, 0.05) is 24.7 Å². The summed E-state index contributed by atoms with van der Waals surface area (Å²) in [4.78, 5) is 16.5. The molecule has 25 heavy (non-hydrogen) atoms. The van der Waals surface area contributed by atoms with E-state index < -0.39 is 0 Å². The molecule has 134 valence electrons. The maximum atomic E-state index is 13.0. The smallest absolute Gasteiger partial charge is 0.234 e. The molecular weight excluding hydrogens is 321 g/mol. The van der Waals surface area contributed by atoms with Crippen molar-refractivity contribution < 1.29 is 13.6 Å². The minimum atomic E-state index is -0.277. The van der Waals surface area contributed by atoms with Crippen molar-refractivity contribution in [2.45, 2.75) is 19.0 Å². The van der Waals surface area contributed by atoms with Crippen molar-refractivity contribution in [3.8, 4) is 11.3 Å². The number of likely N-dealkylation sites (tertiary alicyclic amines) is 1. The Morgan fingerprint density at radius 2 is 2.04 bits per heavy atom. The molecule has 1 fully saturated rings. The molecule has 5 nitrogen and oxygen atoms in total. The highest BCUT2D eigenvalue weighted by atomic mass is 19.1. The predicted molar refractivity (Wildman–Crippen MR) is 94.5 cm³/mol. The summed E-state index contributed by atoms with van der Waals surface area (Å²) in [6, 6.07) is 10.3. The van der Waals surface area contributed by atoms with Crippen molar-refractivity contribution >= 4 is 5.91 Å². The number of carbonyl (C=O) groups excluding carboxylic acids is 1. The molecule has 2 heterocycles. The first-order valence-electron chi connectivity index (χ1n) is 8.51. The van der Waals surface area contributed by atoms with Crippen molar-refractivity contribution in [2.75, 3.05) is 33.7 Å². The lowest BCUT2D eigenvalue weighted by atomic mass is 10.2. The molecule has 6 heteroatoms. The van der Waals surface area contributed by atoms with Crippen LogP contribution < -0.4 is 5.32 Å². The maximum Gasteiger partial charge on any atom is 0.234 e. The summed E-state index contributed by atoms with van der Waals surface area (Å²) in [7, 11) is 4.15. The number of carbonyl (C=O) groups is 1. The molecule has 0 spiro atoms. The van der Waals surface area contributed by atoms with Gasteiger partial charge in [0.2, 0.25) is 5.91 Å². The van der Waals surface area contributed by atoms with Gasteiger partial charge in [-0.1, -0.05) is 0 Å². The van der Waals surface area contributed by atoms with Gasteiger partial charge in [0.05, 0.1) is 13.1 Å². The van der Waals surface area contributed by atoms with Crippen LogP contribution in [-0.2, 0) is 11.3 Å². The normalized spacial score (nSPS) is 18.0. The number of nitrogens with zero attached hydrogens (tertiary/aromatic N) is 2. The summed E-state index contributed by atoms with van der Waals surface area (Å²) in [6.45, 7) is 2.64. The maximum absolute atomic E-state index is 13.0. The van der Waals surface area contributed by atoms with Crippen LogP contribution in [0.15, 0.2) is 40.8 Å². The van der Waals surface area contributed by atoms with Gasteiger partial charge in [-0.3, -0.25) is 9.69 Å². The van der Waals surface area contributed by atoms with E-state index >= 15 is 0 Å². The van der Waals surface area contributed by atoms with E-state index in [1.807, 2.05) is 12.1 Å². The Morgan fingerprint density at radius 1 is 1.28 bits per heavy atom. The van der Waals surface area contributed by atoms with Gasteiger partial charge in [-0.2, -0.15) is 0 Å². The molecule has 1 aliphatic rings. The van der Waals surface area contributed by atoms with Crippen LogP contribution in [0.2, 0.25) is 0 Å². The van der Waals surface area contributed by atoms with Crippen LogP contribution in [0.5, 0.6) is 0 Å². The van der Waals surface area contributed by atoms with Gasteiger partial charge in [0.15, 0.2) is 0 Å². The Hall–Kier alpha value is -2.18. The van der Waals surface area contributed by atoms with Crippen LogP contribution in [0, 0.1) is 5.82 Å². The summed E-state index contributed by atoms with van der Waals surface area (Å²) < 4.78 is 18.7. The second-order valence-electron chi connectivity index (χ2n) is 6.69. The van der Waals surface area contributed by atoms with Crippen molar-refractivity contribution in [2.24, 2.45) is 0 Å². The Morgan fingerprint density at radius 3 is 2.72 bits per heavy atom. The van der Waals surface area contributed by atoms with E-state index in [4.69, 9.17) is 4.42 Å². The molecule has 1 atom stereocenters. The van der Waals surface area contributed by atoms with Crippen molar-refractivity contribution in [1.29, 1.82) is 0 Å². The lowest BCUT2D eigenvalue weighted by Crippen LogP contribution is -2.38. The predicted octanol–water partition coefficient (Wildman–Crippen LogP) is 2.34. The Kier molecular flexibility index (Phi) is 5.50. The van der Waals surface area contributed by atoms with Gasteiger partial charge in [-0.25, -0.2) is 4.39 Å². The summed E-state index contributed by atoms with van der Waals surface area (Å²) in [5, 5.41) is 2.90. The number of hydrogen-bond acceptors (Lipinski definition) is 4. The highest BCUT2D eigenvalue weighted by Gasteiger charge is 2.25. The molecule has 0 saturated carbocycles. The molecule has 3 rings (SSSR count). The molecule has 0 bridgehead atoms. The number of likely N-dealkylation sites (N-methyl/N-ethyl adjacent to an activating group) is 1. The van der Waals surface area contributed by atoms with Crippen molar-refractivity contribution in [3.63, 3.8) is 0 Å². The number of furan rings is 1. The number of hydrogen-bond donors (Lipinski definition) is 1. The van der Waals surface area contributed by atoms with Crippen molar-refractivity contribution in [3.05, 3.63) is 48.0 Å². The van der Waals surface area contributed by atoms with Gasteiger partial charge in [-0.15, -0.1) is 0 Å². The van der Waals surface area contributed by atoms with Crippen LogP contribution in [0.1, 0.15) is 12.2 Å². The monoisotopic (exact) mass is 345 g/mol. The second-order valence-corrected chi connectivity index (χ2v) is 6.69. The van der Waals surface area contributed by atoms with Crippen molar-refractivity contribution in [1.82, 2.24) is 15.1 Å².